The van der Waals surface area contributed by atoms with Gasteiger partial charge < -0.3 is 5.32 Å². The van der Waals surface area contributed by atoms with Crippen LogP contribution in [0, 0.1) is 0 Å². The molecule has 1 N–H and O–H groups in total. The first kappa shape index (κ1) is 17.5. The van der Waals surface area contributed by atoms with Gasteiger partial charge in [-0.3, -0.25) is 19.3 Å². The monoisotopic (exact) mass is 376 g/mol. The third-order valence-corrected chi connectivity index (χ3v) is 4.48. The van der Waals surface area contributed by atoms with E-state index in [0.29, 0.717) is 21.3 Å². The molecule has 0 spiro atoms. The van der Waals surface area contributed by atoms with E-state index in [9.17, 15) is 14.4 Å². The molecule has 0 aliphatic carbocycles. The highest BCUT2D eigenvalue weighted by molar-refractivity contribution is 6.35. The van der Waals surface area contributed by atoms with Gasteiger partial charge >= 0.3 is 0 Å². The number of amides is 3. The van der Waals surface area contributed by atoms with E-state index in [1.54, 1.807) is 42.5 Å². The number of anilines is 1. The van der Waals surface area contributed by atoms with Crippen molar-refractivity contribution in [2.24, 2.45) is 0 Å². The lowest BCUT2D eigenvalue weighted by Gasteiger charge is -2.14. The largest absolute Gasteiger partial charge is 0.348 e. The number of hydrogen-bond acceptors (Lipinski definition) is 3. The van der Waals surface area contributed by atoms with Crippen molar-refractivity contribution in [2.75, 3.05) is 4.90 Å². The van der Waals surface area contributed by atoms with Crippen molar-refractivity contribution in [1.29, 1.82) is 0 Å². The van der Waals surface area contributed by atoms with E-state index in [1.807, 2.05) is 0 Å². The highest BCUT2D eigenvalue weighted by atomic mass is 35.5. The van der Waals surface area contributed by atoms with Crippen LogP contribution in [-0.4, -0.2) is 17.7 Å². The molecule has 1 aliphatic heterocycles. The molecule has 0 atom stereocenters. The molecule has 0 unspecified atom stereocenters. The summed E-state index contributed by atoms with van der Waals surface area (Å²) in [7, 11) is 0. The average molecular weight is 377 g/mol. The van der Waals surface area contributed by atoms with E-state index < -0.39 is 0 Å². The number of hydrogen-bond donors (Lipinski definition) is 1. The Morgan fingerprint density at radius 2 is 1.64 bits per heavy atom. The molecule has 1 saturated heterocycles. The highest BCUT2D eigenvalue weighted by Gasteiger charge is 2.30. The van der Waals surface area contributed by atoms with Crippen molar-refractivity contribution in [3.8, 4) is 0 Å². The maximum atomic E-state index is 12.2. The predicted molar refractivity (Wildman–Crippen MR) is 95.8 cm³/mol. The molecule has 128 valence electrons. The highest BCUT2D eigenvalue weighted by Crippen LogP contribution is 2.23. The van der Waals surface area contributed by atoms with Crippen LogP contribution in [0.5, 0.6) is 0 Å². The second-order valence-corrected chi connectivity index (χ2v) is 6.43. The van der Waals surface area contributed by atoms with Gasteiger partial charge in [-0.05, 0) is 42.0 Å². The second kappa shape index (κ2) is 7.25. The van der Waals surface area contributed by atoms with Crippen molar-refractivity contribution in [1.82, 2.24) is 5.32 Å². The molecule has 5 nitrogen and oxygen atoms in total. The minimum atomic E-state index is -0.281. The molecule has 7 heteroatoms. The molecule has 1 heterocycles. The number of benzene rings is 2. The Labute approximate surface area is 154 Å². The zero-order chi connectivity index (χ0) is 18.0. The molecule has 0 radical (unpaired) electrons. The van der Waals surface area contributed by atoms with Gasteiger partial charge in [-0.2, -0.15) is 0 Å². The third kappa shape index (κ3) is 3.83. The summed E-state index contributed by atoms with van der Waals surface area (Å²) in [6.07, 6.45) is 0.450. The zero-order valence-electron chi connectivity index (χ0n) is 13.1. The second-order valence-electron chi connectivity index (χ2n) is 5.59. The molecule has 1 fully saturated rings. The molecule has 0 saturated carbocycles. The molecule has 2 aromatic carbocycles. The number of nitrogens with one attached hydrogen (secondary N) is 1. The number of rotatable bonds is 4. The first-order valence-electron chi connectivity index (χ1n) is 7.63. The molecular weight excluding hydrogens is 363 g/mol. The maximum absolute atomic E-state index is 12.2. The lowest BCUT2D eigenvalue weighted by atomic mass is 10.1. The van der Waals surface area contributed by atoms with E-state index in [1.165, 1.54) is 0 Å². The van der Waals surface area contributed by atoms with Crippen LogP contribution in [0.2, 0.25) is 10.0 Å². The SMILES string of the molecule is O=C(NCc1ccc(Cl)cc1Cl)c1ccc(N2C(=O)CCC2=O)cc1. The Morgan fingerprint density at radius 1 is 1.00 bits per heavy atom. The summed E-state index contributed by atoms with van der Waals surface area (Å²) in [5.41, 5.74) is 1.65. The zero-order valence-corrected chi connectivity index (χ0v) is 14.6. The lowest BCUT2D eigenvalue weighted by molar-refractivity contribution is -0.121. The van der Waals surface area contributed by atoms with Crippen LogP contribution in [0.4, 0.5) is 5.69 Å². The molecule has 3 rings (SSSR count). The standard InChI is InChI=1S/C18H14Cl2N2O3/c19-13-4-1-12(15(20)9-13)10-21-18(25)11-2-5-14(6-3-11)22-16(23)7-8-17(22)24/h1-6,9H,7-8,10H2,(H,21,25). The van der Waals surface area contributed by atoms with E-state index in [2.05, 4.69) is 5.32 Å². The van der Waals surface area contributed by atoms with Crippen LogP contribution in [0.3, 0.4) is 0 Å². The van der Waals surface area contributed by atoms with Gasteiger partial charge in [0.1, 0.15) is 0 Å². The quantitative estimate of drug-likeness (QED) is 0.829. The minimum absolute atomic E-state index is 0.223. The molecule has 3 amide bonds. The van der Waals surface area contributed by atoms with Crippen molar-refractivity contribution in [3.63, 3.8) is 0 Å². The number of imide groups is 1. The van der Waals surface area contributed by atoms with Crippen molar-refractivity contribution in [3.05, 3.63) is 63.6 Å². The smallest absolute Gasteiger partial charge is 0.251 e. The van der Waals surface area contributed by atoms with Crippen molar-refractivity contribution < 1.29 is 14.4 Å². The van der Waals surface area contributed by atoms with Crippen LogP contribution in [-0.2, 0) is 16.1 Å². The number of nitrogens with zero attached hydrogens (tertiary/aromatic N) is 1. The van der Waals surface area contributed by atoms with Gasteiger partial charge in [0.2, 0.25) is 11.8 Å². The number of carbonyl (C=O) groups excluding carboxylic acids is 3. The first-order chi connectivity index (χ1) is 12.0. The normalized spacial score (nSPS) is 14.1. The Bertz CT molecular complexity index is 834. The summed E-state index contributed by atoms with van der Waals surface area (Å²) < 4.78 is 0. The summed E-state index contributed by atoms with van der Waals surface area (Å²) in [6, 6.07) is 11.4. The number of halogens is 2. The van der Waals surface area contributed by atoms with Gasteiger partial charge in [-0.15, -0.1) is 0 Å². The first-order valence-corrected chi connectivity index (χ1v) is 8.39. The Balaban J connectivity index is 1.66. The molecule has 2 aromatic rings. The van der Waals surface area contributed by atoms with E-state index in [4.69, 9.17) is 23.2 Å². The van der Waals surface area contributed by atoms with Crippen molar-refractivity contribution in [2.45, 2.75) is 19.4 Å². The summed E-state index contributed by atoms with van der Waals surface area (Å²) in [5.74, 6) is -0.726. The minimum Gasteiger partial charge on any atom is -0.348 e. The number of carbonyl (C=O) groups is 3. The van der Waals surface area contributed by atoms with Crippen LogP contribution in [0.25, 0.3) is 0 Å². The molecule has 0 aromatic heterocycles. The van der Waals surface area contributed by atoms with Gasteiger partial charge in [-0.1, -0.05) is 29.3 Å². The molecule has 0 bridgehead atoms. The van der Waals surface area contributed by atoms with Crippen LogP contribution in [0.1, 0.15) is 28.8 Å². The van der Waals surface area contributed by atoms with Crippen LogP contribution < -0.4 is 10.2 Å². The van der Waals surface area contributed by atoms with Gasteiger partial charge in [-0.25, -0.2) is 0 Å². The van der Waals surface area contributed by atoms with Gasteiger partial charge in [0, 0.05) is 35.0 Å². The van der Waals surface area contributed by atoms with Crippen LogP contribution >= 0.6 is 23.2 Å². The third-order valence-electron chi connectivity index (χ3n) is 3.89. The molecule has 25 heavy (non-hydrogen) atoms. The van der Waals surface area contributed by atoms with E-state index in [-0.39, 0.29) is 37.1 Å². The van der Waals surface area contributed by atoms with Crippen LogP contribution in [0.15, 0.2) is 42.5 Å². The fraction of sp³-hybridized carbons (Fsp3) is 0.167. The predicted octanol–water partition coefficient (Wildman–Crippen LogP) is 3.58. The molecular formula is C18H14Cl2N2O3. The Hall–Kier alpha value is -2.37. The average Bonchev–Trinajstić information content (AvgIpc) is 2.92. The maximum Gasteiger partial charge on any atom is 0.251 e. The molecule has 1 aliphatic rings. The lowest BCUT2D eigenvalue weighted by Crippen LogP contribution is -2.28. The topological polar surface area (TPSA) is 66.5 Å². The summed E-state index contributed by atoms with van der Waals surface area (Å²) in [5, 5.41) is 3.78. The van der Waals surface area contributed by atoms with E-state index in [0.717, 1.165) is 10.5 Å². The summed E-state index contributed by atoms with van der Waals surface area (Å²) in [4.78, 5) is 36.8. The Kier molecular flexibility index (Phi) is 5.06. The van der Waals surface area contributed by atoms with Gasteiger partial charge in [0.15, 0.2) is 0 Å². The fourth-order valence-electron chi connectivity index (χ4n) is 2.57. The van der Waals surface area contributed by atoms with Crippen molar-refractivity contribution >= 4 is 46.6 Å². The van der Waals surface area contributed by atoms with Gasteiger partial charge in [0.05, 0.1) is 5.69 Å². The summed E-state index contributed by atoms with van der Waals surface area (Å²) in [6.45, 7) is 0.264. The Morgan fingerprint density at radius 3 is 2.24 bits per heavy atom. The fourth-order valence-corrected chi connectivity index (χ4v) is 3.04. The van der Waals surface area contributed by atoms with Gasteiger partial charge in [0.25, 0.3) is 5.91 Å². The van der Waals surface area contributed by atoms with E-state index >= 15 is 0 Å². The summed E-state index contributed by atoms with van der Waals surface area (Å²) >= 11 is 11.9.